The lowest BCUT2D eigenvalue weighted by Crippen LogP contribution is -2.32. The lowest BCUT2D eigenvalue weighted by molar-refractivity contribution is -0.139. The van der Waals surface area contributed by atoms with Crippen LogP contribution in [0.3, 0.4) is 0 Å². The number of phenols is 1. The molecule has 0 aliphatic carbocycles. The fraction of sp³-hybridized carbons (Fsp3) is 0.300. The van der Waals surface area contributed by atoms with E-state index in [9.17, 15) is 23.1 Å². The van der Waals surface area contributed by atoms with Crippen LogP contribution in [0, 0.1) is 0 Å². The summed E-state index contributed by atoms with van der Waals surface area (Å²) in [5.41, 5.74) is 4.27. The van der Waals surface area contributed by atoms with Gasteiger partial charge in [-0.3, -0.25) is 4.79 Å². The molecule has 0 aliphatic heterocycles. The van der Waals surface area contributed by atoms with Gasteiger partial charge in [0.25, 0.3) is 0 Å². The van der Waals surface area contributed by atoms with Crippen molar-refractivity contribution in [2.24, 2.45) is 5.73 Å². The third kappa shape index (κ3) is 3.35. The average molecular weight is 249 g/mol. The SMILES string of the molecule is NC(Cc1ccc(C(F)(F)F)cc1O)C(=O)O. The summed E-state index contributed by atoms with van der Waals surface area (Å²) in [6.07, 6.45) is -4.79. The minimum Gasteiger partial charge on any atom is -0.508 e. The number of nitrogens with two attached hydrogens (primary N) is 1. The highest BCUT2D eigenvalue weighted by atomic mass is 19.4. The molecule has 0 saturated carbocycles. The Morgan fingerprint density at radius 3 is 2.41 bits per heavy atom. The van der Waals surface area contributed by atoms with Crippen LogP contribution < -0.4 is 5.73 Å². The van der Waals surface area contributed by atoms with Gasteiger partial charge in [0.1, 0.15) is 11.8 Å². The van der Waals surface area contributed by atoms with Crippen molar-refractivity contribution >= 4 is 5.97 Å². The number of carboxylic acid groups (broad SMARTS) is 1. The van der Waals surface area contributed by atoms with Crippen molar-refractivity contribution in [3.63, 3.8) is 0 Å². The Morgan fingerprint density at radius 1 is 1.41 bits per heavy atom. The van der Waals surface area contributed by atoms with Gasteiger partial charge in [0, 0.05) is 6.42 Å². The van der Waals surface area contributed by atoms with Crippen molar-refractivity contribution in [2.75, 3.05) is 0 Å². The molecule has 94 valence electrons. The molecular weight excluding hydrogens is 239 g/mol. The second kappa shape index (κ2) is 4.62. The van der Waals surface area contributed by atoms with Gasteiger partial charge in [-0.2, -0.15) is 13.2 Å². The molecule has 0 spiro atoms. The van der Waals surface area contributed by atoms with Crippen molar-refractivity contribution in [3.8, 4) is 5.75 Å². The van der Waals surface area contributed by atoms with E-state index in [-0.39, 0.29) is 12.0 Å². The van der Waals surface area contributed by atoms with E-state index >= 15 is 0 Å². The number of phenolic OH excluding ortho intramolecular Hbond substituents is 1. The minimum atomic E-state index is -4.55. The summed E-state index contributed by atoms with van der Waals surface area (Å²) in [7, 11) is 0. The normalized spacial score (nSPS) is 13.4. The van der Waals surface area contributed by atoms with Crippen LogP contribution in [0.5, 0.6) is 5.75 Å². The molecule has 4 nitrogen and oxygen atoms in total. The minimum absolute atomic E-state index is 0.0629. The zero-order valence-electron chi connectivity index (χ0n) is 8.53. The largest absolute Gasteiger partial charge is 0.508 e. The second-order valence-electron chi connectivity index (χ2n) is 3.49. The van der Waals surface area contributed by atoms with E-state index in [1.807, 2.05) is 0 Å². The monoisotopic (exact) mass is 249 g/mol. The van der Waals surface area contributed by atoms with Crippen molar-refractivity contribution in [1.29, 1.82) is 0 Å². The van der Waals surface area contributed by atoms with Gasteiger partial charge < -0.3 is 15.9 Å². The number of aromatic hydroxyl groups is 1. The number of hydrogen-bond donors (Lipinski definition) is 3. The number of benzene rings is 1. The molecule has 7 heteroatoms. The van der Waals surface area contributed by atoms with E-state index < -0.39 is 29.5 Å². The fourth-order valence-corrected chi connectivity index (χ4v) is 1.24. The van der Waals surface area contributed by atoms with Crippen LogP contribution in [0.2, 0.25) is 0 Å². The maximum atomic E-state index is 12.3. The summed E-state index contributed by atoms with van der Waals surface area (Å²) in [6.45, 7) is 0. The molecule has 1 atom stereocenters. The van der Waals surface area contributed by atoms with E-state index in [1.54, 1.807) is 0 Å². The van der Waals surface area contributed by atoms with Crippen LogP contribution in [0.4, 0.5) is 13.2 Å². The smallest absolute Gasteiger partial charge is 0.416 e. The fourth-order valence-electron chi connectivity index (χ4n) is 1.24. The van der Waals surface area contributed by atoms with Gasteiger partial charge in [-0.1, -0.05) is 6.07 Å². The Hall–Kier alpha value is -1.76. The van der Waals surface area contributed by atoms with Crippen LogP contribution in [-0.2, 0) is 17.4 Å². The van der Waals surface area contributed by atoms with Crippen LogP contribution in [0.25, 0.3) is 0 Å². The van der Waals surface area contributed by atoms with Gasteiger partial charge in [0.15, 0.2) is 0 Å². The molecule has 0 bridgehead atoms. The Balaban J connectivity index is 2.95. The first-order valence-corrected chi connectivity index (χ1v) is 4.59. The Labute approximate surface area is 94.5 Å². The highest BCUT2D eigenvalue weighted by Gasteiger charge is 2.31. The molecule has 0 fully saturated rings. The van der Waals surface area contributed by atoms with Crippen LogP contribution in [0.1, 0.15) is 11.1 Å². The topological polar surface area (TPSA) is 83.5 Å². The maximum Gasteiger partial charge on any atom is 0.416 e. The maximum absolute atomic E-state index is 12.3. The zero-order valence-corrected chi connectivity index (χ0v) is 8.53. The van der Waals surface area contributed by atoms with Crippen LogP contribution in [-0.4, -0.2) is 22.2 Å². The lowest BCUT2D eigenvalue weighted by Gasteiger charge is -2.11. The Kier molecular flexibility index (Phi) is 3.62. The van der Waals surface area contributed by atoms with Gasteiger partial charge in [0.2, 0.25) is 0 Å². The van der Waals surface area contributed by atoms with Gasteiger partial charge in [-0.15, -0.1) is 0 Å². The Bertz CT molecular complexity index is 431. The van der Waals surface area contributed by atoms with Crippen LogP contribution in [0.15, 0.2) is 18.2 Å². The molecule has 1 aromatic rings. The highest BCUT2D eigenvalue weighted by molar-refractivity contribution is 5.73. The first-order valence-electron chi connectivity index (χ1n) is 4.59. The van der Waals surface area contributed by atoms with E-state index in [1.165, 1.54) is 0 Å². The third-order valence-corrected chi connectivity index (χ3v) is 2.17. The molecule has 1 aromatic carbocycles. The summed E-state index contributed by atoms with van der Waals surface area (Å²) in [6, 6.07) is 1.06. The number of rotatable bonds is 3. The number of aliphatic carboxylic acids is 1. The van der Waals surface area contributed by atoms with Gasteiger partial charge in [-0.05, 0) is 17.7 Å². The first-order chi connectivity index (χ1) is 7.71. The lowest BCUT2D eigenvalue weighted by atomic mass is 10.0. The third-order valence-electron chi connectivity index (χ3n) is 2.17. The van der Waals surface area contributed by atoms with Gasteiger partial charge in [-0.25, -0.2) is 0 Å². The number of halogens is 3. The first kappa shape index (κ1) is 13.3. The molecule has 0 aliphatic rings. The molecule has 17 heavy (non-hydrogen) atoms. The molecule has 0 aromatic heterocycles. The van der Waals surface area contributed by atoms with E-state index in [0.29, 0.717) is 6.07 Å². The average Bonchev–Trinajstić information content (AvgIpc) is 2.19. The van der Waals surface area contributed by atoms with E-state index in [4.69, 9.17) is 10.8 Å². The Morgan fingerprint density at radius 2 is 2.00 bits per heavy atom. The summed E-state index contributed by atoms with van der Waals surface area (Å²) < 4.78 is 36.8. The number of carbonyl (C=O) groups is 1. The number of carboxylic acids is 1. The number of hydrogen-bond acceptors (Lipinski definition) is 3. The molecule has 4 N–H and O–H groups in total. The molecule has 1 rings (SSSR count). The molecule has 1 unspecified atom stereocenters. The second-order valence-corrected chi connectivity index (χ2v) is 3.49. The molecular formula is C10H10F3NO3. The predicted octanol–water partition coefficient (Wildman–Crippen LogP) is 1.37. The van der Waals surface area contributed by atoms with Crippen LogP contribution >= 0.6 is 0 Å². The van der Waals surface area contributed by atoms with E-state index in [2.05, 4.69) is 0 Å². The van der Waals surface area contributed by atoms with Crippen molar-refractivity contribution in [3.05, 3.63) is 29.3 Å². The summed E-state index contributed by atoms with van der Waals surface area (Å²) >= 11 is 0. The van der Waals surface area contributed by atoms with Crippen molar-refractivity contribution in [2.45, 2.75) is 18.6 Å². The van der Waals surface area contributed by atoms with Crippen molar-refractivity contribution < 1.29 is 28.2 Å². The molecule has 0 saturated heterocycles. The molecule has 0 radical (unpaired) electrons. The predicted molar refractivity (Wildman–Crippen MR) is 52.4 cm³/mol. The van der Waals surface area contributed by atoms with Crippen molar-refractivity contribution in [1.82, 2.24) is 0 Å². The van der Waals surface area contributed by atoms with Gasteiger partial charge >= 0.3 is 12.1 Å². The molecule has 0 heterocycles. The molecule has 0 amide bonds. The quantitative estimate of drug-likeness (QED) is 0.755. The highest BCUT2D eigenvalue weighted by Crippen LogP contribution is 2.32. The summed E-state index contributed by atoms with van der Waals surface area (Å²) in [5.74, 6) is -1.90. The number of alkyl halides is 3. The summed E-state index contributed by atoms with van der Waals surface area (Å²) in [5, 5.41) is 17.9. The summed E-state index contributed by atoms with van der Waals surface area (Å²) in [4.78, 5) is 10.5. The zero-order chi connectivity index (χ0) is 13.2. The van der Waals surface area contributed by atoms with Gasteiger partial charge in [0.05, 0.1) is 5.56 Å². The standard InChI is InChI=1S/C10H10F3NO3/c11-10(12,13)6-2-1-5(8(15)4-6)3-7(14)9(16)17/h1-2,4,7,15H,3,14H2,(H,16,17). The van der Waals surface area contributed by atoms with E-state index in [0.717, 1.165) is 12.1 Å².